The van der Waals surface area contributed by atoms with Crippen molar-refractivity contribution in [3.63, 3.8) is 0 Å². The number of hydrogen-bond donors (Lipinski definition) is 2. The Morgan fingerprint density at radius 3 is 2.29 bits per heavy atom. The van der Waals surface area contributed by atoms with Crippen molar-refractivity contribution in [2.24, 2.45) is 0 Å². The smallest absolute Gasteiger partial charge is 0.371 e. The predicted octanol–water partition coefficient (Wildman–Crippen LogP) is 1.67. The van der Waals surface area contributed by atoms with Crippen molar-refractivity contribution < 1.29 is 24.5 Å². The zero-order valence-corrected chi connectivity index (χ0v) is 8.74. The van der Waals surface area contributed by atoms with Crippen LogP contribution in [-0.2, 0) is 9.59 Å². The molecule has 0 bridgehead atoms. The van der Waals surface area contributed by atoms with Crippen LogP contribution in [0.3, 0.4) is 0 Å². The van der Waals surface area contributed by atoms with E-state index in [1.54, 1.807) is 30.3 Å². The SMILES string of the molecule is O=C(O)/C=C\C=C(\Oc1ccccc1)C(=O)O. The number of allylic oxidation sites excluding steroid dienone is 2. The molecular formula is C12H10O5. The Bertz CT molecular complexity index is 459. The summed E-state index contributed by atoms with van der Waals surface area (Å²) in [6, 6.07) is 8.35. The fourth-order valence-corrected chi connectivity index (χ4v) is 0.982. The number of carboxylic acids is 2. The van der Waals surface area contributed by atoms with Crippen LogP contribution in [0.15, 0.2) is 54.3 Å². The molecule has 0 amide bonds. The summed E-state index contributed by atoms with van der Waals surface area (Å²) >= 11 is 0. The first-order chi connectivity index (χ1) is 8.09. The molecule has 0 spiro atoms. The number of rotatable bonds is 5. The molecule has 0 aliphatic heterocycles. The number of hydrogen-bond acceptors (Lipinski definition) is 3. The van der Waals surface area contributed by atoms with Gasteiger partial charge in [-0.25, -0.2) is 9.59 Å². The summed E-state index contributed by atoms with van der Waals surface area (Å²) in [6.45, 7) is 0. The zero-order chi connectivity index (χ0) is 12.7. The molecule has 0 aliphatic rings. The molecule has 5 heteroatoms. The van der Waals surface area contributed by atoms with Gasteiger partial charge in [-0.3, -0.25) is 0 Å². The topological polar surface area (TPSA) is 83.8 Å². The summed E-state index contributed by atoms with van der Waals surface area (Å²) in [5.74, 6) is -2.42. The van der Waals surface area contributed by atoms with E-state index in [4.69, 9.17) is 14.9 Å². The van der Waals surface area contributed by atoms with E-state index in [-0.39, 0.29) is 5.76 Å². The van der Waals surface area contributed by atoms with Gasteiger partial charge in [-0.05, 0) is 18.2 Å². The van der Waals surface area contributed by atoms with Gasteiger partial charge in [0.25, 0.3) is 0 Å². The van der Waals surface area contributed by atoms with Crippen molar-refractivity contribution in [1.29, 1.82) is 0 Å². The lowest BCUT2D eigenvalue weighted by Crippen LogP contribution is -2.07. The van der Waals surface area contributed by atoms with Crippen LogP contribution in [-0.4, -0.2) is 22.2 Å². The molecule has 88 valence electrons. The van der Waals surface area contributed by atoms with Gasteiger partial charge in [-0.2, -0.15) is 0 Å². The molecule has 1 aromatic rings. The molecule has 0 atom stereocenters. The van der Waals surface area contributed by atoms with E-state index in [9.17, 15) is 9.59 Å². The highest BCUT2D eigenvalue weighted by Crippen LogP contribution is 2.12. The minimum absolute atomic E-state index is 0.353. The number of aliphatic carboxylic acids is 2. The van der Waals surface area contributed by atoms with Crippen LogP contribution in [0, 0.1) is 0 Å². The Kier molecular flexibility index (Phi) is 4.50. The predicted molar refractivity (Wildman–Crippen MR) is 59.6 cm³/mol. The average molecular weight is 234 g/mol. The second-order valence-electron chi connectivity index (χ2n) is 2.95. The standard InChI is InChI=1S/C12H10O5/c13-11(14)8-4-7-10(12(15)16)17-9-5-2-1-3-6-9/h1-8H,(H,13,14)(H,15,16)/b8-4-,10-7+. The zero-order valence-electron chi connectivity index (χ0n) is 8.74. The van der Waals surface area contributed by atoms with Crippen LogP contribution in [0.5, 0.6) is 5.75 Å². The van der Waals surface area contributed by atoms with Crippen LogP contribution < -0.4 is 4.74 Å². The number of para-hydroxylation sites is 1. The second-order valence-corrected chi connectivity index (χ2v) is 2.95. The molecule has 0 aromatic heterocycles. The normalized spacial score (nSPS) is 11.4. The summed E-state index contributed by atoms with van der Waals surface area (Å²) in [5.41, 5.74) is 0. The van der Waals surface area contributed by atoms with Crippen LogP contribution >= 0.6 is 0 Å². The van der Waals surface area contributed by atoms with Gasteiger partial charge in [0.1, 0.15) is 5.75 Å². The first kappa shape index (κ1) is 12.5. The van der Waals surface area contributed by atoms with Crippen molar-refractivity contribution in [2.75, 3.05) is 0 Å². The minimum Gasteiger partial charge on any atom is -0.478 e. The molecule has 2 N–H and O–H groups in total. The fourth-order valence-electron chi connectivity index (χ4n) is 0.982. The number of carboxylic acid groups (broad SMARTS) is 2. The molecule has 0 radical (unpaired) electrons. The summed E-state index contributed by atoms with van der Waals surface area (Å²) in [7, 11) is 0. The average Bonchev–Trinajstić information content (AvgIpc) is 2.28. The van der Waals surface area contributed by atoms with Crippen molar-refractivity contribution in [1.82, 2.24) is 0 Å². The Balaban J connectivity index is 2.81. The van der Waals surface area contributed by atoms with E-state index in [1.807, 2.05) is 0 Å². The molecular weight excluding hydrogens is 224 g/mol. The van der Waals surface area contributed by atoms with Gasteiger partial charge in [0.15, 0.2) is 0 Å². The Morgan fingerprint density at radius 1 is 1.12 bits per heavy atom. The van der Waals surface area contributed by atoms with Crippen LogP contribution in [0.1, 0.15) is 0 Å². The molecule has 0 saturated carbocycles. The lowest BCUT2D eigenvalue weighted by Gasteiger charge is -2.04. The van der Waals surface area contributed by atoms with Crippen LogP contribution in [0.2, 0.25) is 0 Å². The maximum atomic E-state index is 10.8. The Labute approximate surface area is 97.3 Å². The Morgan fingerprint density at radius 2 is 1.76 bits per heavy atom. The van der Waals surface area contributed by atoms with Crippen LogP contribution in [0.25, 0.3) is 0 Å². The number of ether oxygens (including phenoxy) is 1. The van der Waals surface area contributed by atoms with E-state index in [1.165, 1.54) is 0 Å². The molecule has 0 aliphatic carbocycles. The van der Waals surface area contributed by atoms with Gasteiger partial charge in [0, 0.05) is 6.08 Å². The first-order valence-corrected chi connectivity index (χ1v) is 4.67. The van der Waals surface area contributed by atoms with E-state index >= 15 is 0 Å². The molecule has 1 rings (SSSR count). The minimum atomic E-state index is -1.27. The maximum Gasteiger partial charge on any atom is 0.371 e. The maximum absolute atomic E-state index is 10.8. The van der Waals surface area contributed by atoms with Gasteiger partial charge in [-0.1, -0.05) is 24.3 Å². The van der Waals surface area contributed by atoms with E-state index < -0.39 is 11.9 Å². The van der Waals surface area contributed by atoms with Gasteiger partial charge >= 0.3 is 11.9 Å². The summed E-state index contributed by atoms with van der Waals surface area (Å²) < 4.78 is 5.08. The molecule has 17 heavy (non-hydrogen) atoms. The molecule has 0 saturated heterocycles. The van der Waals surface area contributed by atoms with Crippen molar-refractivity contribution in [2.45, 2.75) is 0 Å². The second kappa shape index (κ2) is 6.12. The summed E-state index contributed by atoms with van der Waals surface area (Å²) in [5, 5.41) is 17.2. The van der Waals surface area contributed by atoms with Gasteiger partial charge < -0.3 is 14.9 Å². The quantitative estimate of drug-likeness (QED) is 0.460. The molecule has 0 fully saturated rings. The molecule has 5 nitrogen and oxygen atoms in total. The first-order valence-electron chi connectivity index (χ1n) is 4.67. The third-order valence-corrected chi connectivity index (χ3v) is 1.67. The summed E-state index contributed by atoms with van der Waals surface area (Å²) in [4.78, 5) is 21.0. The van der Waals surface area contributed by atoms with Crippen molar-refractivity contribution >= 4 is 11.9 Å². The monoisotopic (exact) mass is 234 g/mol. The van der Waals surface area contributed by atoms with Gasteiger partial charge in [0.05, 0.1) is 0 Å². The lowest BCUT2D eigenvalue weighted by molar-refractivity contribution is -0.135. The lowest BCUT2D eigenvalue weighted by atomic mass is 10.3. The molecule has 1 aromatic carbocycles. The molecule has 0 unspecified atom stereocenters. The largest absolute Gasteiger partial charge is 0.478 e. The number of benzene rings is 1. The van der Waals surface area contributed by atoms with Crippen LogP contribution in [0.4, 0.5) is 0 Å². The van der Waals surface area contributed by atoms with Crippen molar-refractivity contribution in [3.8, 4) is 5.75 Å². The Hall–Kier alpha value is -2.56. The van der Waals surface area contributed by atoms with E-state index in [0.717, 1.165) is 18.2 Å². The summed E-state index contributed by atoms with van der Waals surface area (Å²) in [6.07, 6.45) is 2.98. The highest BCUT2D eigenvalue weighted by atomic mass is 16.5. The highest BCUT2D eigenvalue weighted by Gasteiger charge is 2.08. The van der Waals surface area contributed by atoms with E-state index in [2.05, 4.69) is 0 Å². The van der Waals surface area contributed by atoms with Crippen molar-refractivity contribution in [3.05, 3.63) is 54.3 Å². The molecule has 0 heterocycles. The van der Waals surface area contributed by atoms with Gasteiger partial charge in [-0.15, -0.1) is 0 Å². The highest BCUT2D eigenvalue weighted by molar-refractivity contribution is 5.86. The van der Waals surface area contributed by atoms with E-state index in [0.29, 0.717) is 5.75 Å². The fraction of sp³-hybridized carbons (Fsp3) is 0. The third kappa shape index (κ3) is 4.65. The number of carbonyl (C=O) groups is 2. The van der Waals surface area contributed by atoms with Gasteiger partial charge in [0.2, 0.25) is 5.76 Å². The third-order valence-electron chi connectivity index (χ3n) is 1.67.